The number of esters is 1. The van der Waals surface area contributed by atoms with Gasteiger partial charge in [0.25, 0.3) is 0 Å². The van der Waals surface area contributed by atoms with Crippen LogP contribution in [0.5, 0.6) is 0 Å². The number of benzene rings is 1. The third-order valence-corrected chi connectivity index (χ3v) is 7.32. The molecule has 0 aromatic heterocycles. The summed E-state index contributed by atoms with van der Waals surface area (Å²) in [7, 11) is -2.19. The van der Waals surface area contributed by atoms with Crippen molar-refractivity contribution in [1.29, 1.82) is 0 Å². The Labute approximate surface area is 192 Å². The standard InChI is InChI=1S/C23H35ClN2O4S/c1-3-4-5-9-16-26-18-20(17-21(26)10-7-6-8-11-23(27)30-2)25-31(28,29)22-14-12-19(24)13-15-22/h7,10,12-15,20-21,25H,3-6,8-9,11,16-18H2,1-2H3/t20-,21-/m1/s1. The van der Waals surface area contributed by atoms with E-state index in [1.807, 2.05) is 0 Å². The first-order chi connectivity index (χ1) is 14.9. The maximum absolute atomic E-state index is 12.8. The molecule has 2 rings (SSSR count). The molecule has 0 spiro atoms. The Morgan fingerprint density at radius 2 is 1.97 bits per heavy atom. The van der Waals surface area contributed by atoms with Gasteiger partial charge >= 0.3 is 5.97 Å². The van der Waals surface area contributed by atoms with E-state index < -0.39 is 10.0 Å². The fraction of sp³-hybridized carbons (Fsp3) is 0.609. The minimum atomic E-state index is -3.59. The molecule has 0 amide bonds. The number of ether oxygens (including phenoxy) is 1. The monoisotopic (exact) mass is 470 g/mol. The first-order valence-corrected chi connectivity index (χ1v) is 13.0. The van der Waals surface area contributed by atoms with Crippen molar-refractivity contribution in [3.8, 4) is 0 Å². The first kappa shape index (κ1) is 25.8. The summed E-state index contributed by atoms with van der Waals surface area (Å²) in [4.78, 5) is 13.8. The van der Waals surface area contributed by atoms with Crippen LogP contribution in [0.3, 0.4) is 0 Å². The van der Waals surface area contributed by atoms with Crippen molar-refractivity contribution < 1.29 is 17.9 Å². The molecule has 0 radical (unpaired) electrons. The zero-order valence-electron chi connectivity index (χ0n) is 18.6. The zero-order valence-corrected chi connectivity index (χ0v) is 20.1. The summed E-state index contributed by atoms with van der Waals surface area (Å²) >= 11 is 5.88. The highest BCUT2D eigenvalue weighted by atomic mass is 35.5. The van der Waals surface area contributed by atoms with Gasteiger partial charge in [-0.25, -0.2) is 13.1 Å². The number of methoxy groups -OCH3 is 1. The van der Waals surface area contributed by atoms with Crippen molar-refractivity contribution in [1.82, 2.24) is 9.62 Å². The van der Waals surface area contributed by atoms with Crippen molar-refractivity contribution in [2.75, 3.05) is 20.2 Å². The lowest BCUT2D eigenvalue weighted by Crippen LogP contribution is -2.37. The molecule has 0 unspecified atom stereocenters. The van der Waals surface area contributed by atoms with Crippen LogP contribution in [-0.4, -0.2) is 51.6 Å². The lowest BCUT2D eigenvalue weighted by atomic mass is 10.1. The highest BCUT2D eigenvalue weighted by molar-refractivity contribution is 7.89. The SMILES string of the molecule is CCCCCCN1C[C@H](NS(=O)(=O)c2ccc(Cl)cc2)C[C@H]1C=CCCCC(=O)OC. The zero-order chi connectivity index (χ0) is 22.7. The average Bonchev–Trinajstić information content (AvgIpc) is 3.11. The fourth-order valence-corrected chi connectivity index (χ4v) is 5.20. The van der Waals surface area contributed by atoms with Gasteiger partial charge in [-0.15, -0.1) is 0 Å². The Kier molecular flexibility index (Phi) is 11.0. The second kappa shape index (κ2) is 13.2. The number of likely N-dealkylation sites (tertiary alicyclic amines) is 1. The van der Waals surface area contributed by atoms with E-state index in [4.69, 9.17) is 11.6 Å². The predicted octanol–water partition coefficient (Wildman–Crippen LogP) is 4.54. The Morgan fingerprint density at radius 1 is 1.23 bits per heavy atom. The Morgan fingerprint density at radius 3 is 2.65 bits per heavy atom. The second-order valence-electron chi connectivity index (χ2n) is 8.03. The largest absolute Gasteiger partial charge is 0.469 e. The van der Waals surface area contributed by atoms with Crippen LogP contribution in [0.4, 0.5) is 0 Å². The maximum atomic E-state index is 12.8. The van der Waals surface area contributed by atoms with E-state index in [1.165, 1.54) is 38.5 Å². The van der Waals surface area contributed by atoms with Crippen LogP contribution in [0.15, 0.2) is 41.3 Å². The van der Waals surface area contributed by atoms with Crippen LogP contribution < -0.4 is 4.72 Å². The number of nitrogens with zero attached hydrogens (tertiary/aromatic N) is 1. The van der Waals surface area contributed by atoms with Crippen molar-refractivity contribution in [2.45, 2.75) is 75.3 Å². The van der Waals surface area contributed by atoms with E-state index in [1.54, 1.807) is 12.1 Å². The quantitative estimate of drug-likeness (QED) is 0.260. The summed E-state index contributed by atoms with van der Waals surface area (Å²) in [6.45, 7) is 3.84. The summed E-state index contributed by atoms with van der Waals surface area (Å²) in [5.74, 6) is -0.191. The molecule has 31 heavy (non-hydrogen) atoms. The van der Waals surface area contributed by atoms with Crippen molar-refractivity contribution in [2.24, 2.45) is 0 Å². The van der Waals surface area contributed by atoms with Crippen molar-refractivity contribution in [3.63, 3.8) is 0 Å². The molecule has 8 heteroatoms. The van der Waals surface area contributed by atoms with Gasteiger partial charge < -0.3 is 4.74 Å². The molecule has 1 aromatic carbocycles. The van der Waals surface area contributed by atoms with Gasteiger partial charge in [-0.2, -0.15) is 0 Å². The van der Waals surface area contributed by atoms with Gasteiger partial charge in [0.2, 0.25) is 10.0 Å². The van der Waals surface area contributed by atoms with E-state index in [0.29, 0.717) is 18.0 Å². The van der Waals surface area contributed by atoms with Gasteiger partial charge in [-0.3, -0.25) is 9.69 Å². The maximum Gasteiger partial charge on any atom is 0.305 e. The molecule has 1 N–H and O–H groups in total. The summed E-state index contributed by atoms with van der Waals surface area (Å²) < 4.78 is 33.1. The molecule has 0 aliphatic carbocycles. The molecule has 0 bridgehead atoms. The van der Waals surface area contributed by atoms with Crippen LogP contribution in [0.2, 0.25) is 5.02 Å². The normalized spacial score (nSPS) is 19.8. The minimum absolute atomic E-state index is 0.142. The third-order valence-electron chi connectivity index (χ3n) is 5.53. The van der Waals surface area contributed by atoms with Gasteiger partial charge in [0.15, 0.2) is 0 Å². The molecule has 2 atom stereocenters. The molecule has 1 saturated heterocycles. The number of hydrogen-bond donors (Lipinski definition) is 1. The highest BCUT2D eigenvalue weighted by Gasteiger charge is 2.32. The van der Waals surface area contributed by atoms with E-state index >= 15 is 0 Å². The number of carbonyl (C=O) groups excluding carboxylic acids is 1. The molecule has 6 nitrogen and oxygen atoms in total. The van der Waals surface area contributed by atoms with E-state index in [-0.39, 0.29) is 22.9 Å². The molecule has 1 fully saturated rings. The summed E-state index contributed by atoms with van der Waals surface area (Å²) in [5.41, 5.74) is 0. The van der Waals surface area contributed by atoms with Crippen LogP contribution >= 0.6 is 11.6 Å². The molecule has 1 heterocycles. The Bertz CT molecular complexity index is 811. The summed E-state index contributed by atoms with van der Waals surface area (Å²) in [6, 6.07) is 6.28. The topological polar surface area (TPSA) is 75.7 Å². The number of halogens is 1. The summed E-state index contributed by atoms with van der Waals surface area (Å²) in [5, 5.41) is 0.510. The molecular weight excluding hydrogens is 436 g/mol. The number of carbonyl (C=O) groups is 1. The molecule has 1 aliphatic heterocycles. The van der Waals surface area contributed by atoms with Gasteiger partial charge in [0.05, 0.1) is 12.0 Å². The van der Waals surface area contributed by atoms with E-state index in [0.717, 1.165) is 32.2 Å². The Hall–Kier alpha value is -1.41. The molecule has 1 aromatic rings. The van der Waals surface area contributed by atoms with Gasteiger partial charge in [0, 0.05) is 30.1 Å². The van der Waals surface area contributed by atoms with Crippen LogP contribution in [0.1, 0.15) is 58.3 Å². The number of nitrogens with one attached hydrogen (secondary N) is 1. The highest BCUT2D eigenvalue weighted by Crippen LogP contribution is 2.23. The second-order valence-corrected chi connectivity index (χ2v) is 10.2. The average molecular weight is 471 g/mol. The predicted molar refractivity (Wildman–Crippen MR) is 125 cm³/mol. The first-order valence-electron chi connectivity index (χ1n) is 11.1. The van der Waals surface area contributed by atoms with E-state index in [9.17, 15) is 13.2 Å². The lowest BCUT2D eigenvalue weighted by Gasteiger charge is -2.21. The smallest absolute Gasteiger partial charge is 0.305 e. The van der Waals surface area contributed by atoms with Crippen molar-refractivity contribution in [3.05, 3.63) is 41.4 Å². The van der Waals surface area contributed by atoms with Crippen LogP contribution in [0, 0.1) is 0 Å². The number of hydrogen-bond acceptors (Lipinski definition) is 5. The van der Waals surface area contributed by atoms with Gasteiger partial charge in [-0.1, -0.05) is 49.9 Å². The summed E-state index contributed by atoms with van der Waals surface area (Å²) in [6.07, 6.45) is 11.7. The molecular formula is C23H35ClN2O4S. The van der Waals surface area contributed by atoms with Crippen molar-refractivity contribution >= 4 is 27.6 Å². The number of rotatable bonds is 13. The van der Waals surface area contributed by atoms with E-state index in [2.05, 4.69) is 33.4 Å². The number of unbranched alkanes of at least 4 members (excludes halogenated alkanes) is 4. The number of allylic oxidation sites excluding steroid dienone is 1. The molecule has 0 saturated carbocycles. The minimum Gasteiger partial charge on any atom is -0.469 e. The Balaban J connectivity index is 1.96. The van der Waals surface area contributed by atoms with Gasteiger partial charge in [-0.05, 0) is 56.5 Å². The lowest BCUT2D eigenvalue weighted by molar-refractivity contribution is -0.140. The van der Waals surface area contributed by atoms with Gasteiger partial charge in [0.1, 0.15) is 0 Å². The number of sulfonamides is 1. The molecule has 1 aliphatic rings. The third kappa shape index (κ3) is 8.93. The van der Waals surface area contributed by atoms with Crippen LogP contribution in [-0.2, 0) is 19.6 Å². The van der Waals surface area contributed by atoms with Crippen LogP contribution in [0.25, 0.3) is 0 Å². The molecule has 174 valence electrons. The fourth-order valence-electron chi connectivity index (χ4n) is 3.84.